The Balaban J connectivity index is 2.13. The first kappa shape index (κ1) is 17.0. The fraction of sp³-hybridized carbons (Fsp3) is 0.300. The molecule has 2 aromatic carbocycles. The highest BCUT2D eigenvalue weighted by atomic mass is 79.9. The van der Waals surface area contributed by atoms with Crippen LogP contribution in [-0.2, 0) is 24.2 Å². The number of aryl methyl sites for hydroxylation is 2. The quantitative estimate of drug-likeness (QED) is 0.461. The maximum atomic E-state index is 5.54. The van der Waals surface area contributed by atoms with Crippen LogP contribution in [0.1, 0.15) is 34.7 Å². The highest BCUT2D eigenvalue weighted by Crippen LogP contribution is 2.25. The number of rotatable bonds is 7. The molecule has 2 heteroatoms. The van der Waals surface area contributed by atoms with E-state index in [0.717, 1.165) is 17.3 Å². The summed E-state index contributed by atoms with van der Waals surface area (Å²) in [6, 6.07) is 13.3. The van der Waals surface area contributed by atoms with E-state index in [0.29, 0.717) is 13.2 Å². The Morgan fingerprint density at radius 1 is 1.09 bits per heavy atom. The molecule has 0 unspecified atom stereocenters. The van der Waals surface area contributed by atoms with Crippen LogP contribution in [-0.4, -0.2) is 6.61 Å². The molecule has 0 N–H and O–H groups in total. The lowest BCUT2D eigenvalue weighted by atomic mass is 9.98. The summed E-state index contributed by atoms with van der Waals surface area (Å²) >= 11 is 3.66. The van der Waals surface area contributed by atoms with Gasteiger partial charge in [0, 0.05) is 4.47 Å². The van der Waals surface area contributed by atoms with E-state index in [2.05, 4.69) is 72.8 Å². The molecule has 0 atom stereocenters. The summed E-state index contributed by atoms with van der Waals surface area (Å²) in [5.74, 6) is 0. The lowest BCUT2D eigenvalue weighted by Gasteiger charge is -2.12. The monoisotopic (exact) mass is 358 g/mol. The molecule has 0 saturated heterocycles. The molecule has 0 aliphatic heterocycles. The molecule has 0 amide bonds. The summed E-state index contributed by atoms with van der Waals surface area (Å²) in [7, 11) is 0. The molecule has 2 rings (SSSR count). The highest BCUT2D eigenvalue weighted by Gasteiger charge is 2.07. The molecule has 22 heavy (non-hydrogen) atoms. The number of hydrogen-bond donors (Lipinski definition) is 0. The number of hydrogen-bond acceptors (Lipinski definition) is 1. The number of ether oxygens (including phenoxy) is 1. The minimum Gasteiger partial charge on any atom is -0.373 e. The summed E-state index contributed by atoms with van der Waals surface area (Å²) in [6.07, 6.45) is 3.82. The molecule has 0 radical (unpaired) electrons. The summed E-state index contributed by atoms with van der Waals surface area (Å²) in [5, 5.41) is 0. The first-order valence-electron chi connectivity index (χ1n) is 7.68. The molecule has 2 aromatic rings. The normalized spacial score (nSPS) is 10.7. The topological polar surface area (TPSA) is 9.23 Å². The van der Waals surface area contributed by atoms with E-state index in [1.165, 1.54) is 27.8 Å². The Morgan fingerprint density at radius 2 is 1.77 bits per heavy atom. The van der Waals surface area contributed by atoms with Crippen molar-refractivity contribution < 1.29 is 4.74 Å². The van der Waals surface area contributed by atoms with Gasteiger partial charge in [0.15, 0.2) is 0 Å². The van der Waals surface area contributed by atoms with E-state index in [9.17, 15) is 0 Å². The van der Waals surface area contributed by atoms with Crippen molar-refractivity contribution in [3.8, 4) is 0 Å². The molecular formula is C20H23BrO. The van der Waals surface area contributed by atoms with Gasteiger partial charge in [0.05, 0.1) is 13.2 Å². The van der Waals surface area contributed by atoms with Crippen molar-refractivity contribution in [3.05, 3.63) is 81.3 Å². The summed E-state index contributed by atoms with van der Waals surface area (Å²) in [6.45, 7) is 9.21. The van der Waals surface area contributed by atoms with Gasteiger partial charge in [-0.25, -0.2) is 0 Å². The van der Waals surface area contributed by atoms with Crippen LogP contribution in [0, 0.1) is 6.92 Å². The van der Waals surface area contributed by atoms with Gasteiger partial charge in [0.25, 0.3) is 0 Å². The Kier molecular flexibility index (Phi) is 6.41. The molecule has 1 nitrogen and oxygen atoms in total. The fourth-order valence-electron chi connectivity index (χ4n) is 2.45. The van der Waals surface area contributed by atoms with E-state index in [-0.39, 0.29) is 0 Å². The average Bonchev–Trinajstić information content (AvgIpc) is 2.53. The van der Waals surface area contributed by atoms with Crippen LogP contribution < -0.4 is 0 Å². The molecule has 116 valence electrons. The predicted octanol–water partition coefficient (Wildman–Crippen LogP) is 5.61. The Morgan fingerprint density at radius 3 is 2.41 bits per heavy atom. The summed E-state index contributed by atoms with van der Waals surface area (Å²) in [4.78, 5) is 0. The van der Waals surface area contributed by atoms with Gasteiger partial charge in [0.1, 0.15) is 0 Å². The minimum atomic E-state index is 0.580. The van der Waals surface area contributed by atoms with Crippen LogP contribution in [0.3, 0.4) is 0 Å². The molecule has 0 fully saturated rings. The SMILES string of the molecule is C=CCOCc1cc(C)c(Cc2ccc(CC)cc2)cc1Br. The fourth-order valence-corrected chi connectivity index (χ4v) is 2.95. The molecule has 0 saturated carbocycles. The minimum absolute atomic E-state index is 0.580. The smallest absolute Gasteiger partial charge is 0.0732 e. The Hall–Kier alpha value is -1.38. The van der Waals surface area contributed by atoms with Gasteiger partial charge in [-0.3, -0.25) is 0 Å². The van der Waals surface area contributed by atoms with Gasteiger partial charge in [0.2, 0.25) is 0 Å². The lowest BCUT2D eigenvalue weighted by Crippen LogP contribution is -1.98. The zero-order valence-corrected chi connectivity index (χ0v) is 14.9. The van der Waals surface area contributed by atoms with Gasteiger partial charge in [-0.15, -0.1) is 6.58 Å². The number of halogens is 1. The predicted molar refractivity (Wildman–Crippen MR) is 97.4 cm³/mol. The van der Waals surface area contributed by atoms with E-state index < -0.39 is 0 Å². The van der Waals surface area contributed by atoms with Gasteiger partial charge in [-0.05, 0) is 53.6 Å². The standard InChI is InChI=1S/C20H23BrO/c1-4-10-22-14-19-11-15(3)18(13-20(19)21)12-17-8-6-16(5-2)7-9-17/h4,6-9,11,13H,1,5,10,12,14H2,2-3H3. The second-order valence-corrected chi connectivity index (χ2v) is 6.38. The summed E-state index contributed by atoms with van der Waals surface area (Å²) in [5.41, 5.74) is 6.58. The van der Waals surface area contributed by atoms with Gasteiger partial charge < -0.3 is 4.74 Å². The van der Waals surface area contributed by atoms with E-state index in [4.69, 9.17) is 4.74 Å². The zero-order chi connectivity index (χ0) is 15.9. The van der Waals surface area contributed by atoms with Crippen LogP contribution >= 0.6 is 15.9 Å². The Labute approximate surface area is 142 Å². The molecule has 0 aromatic heterocycles. The van der Waals surface area contributed by atoms with Crippen molar-refractivity contribution in [1.82, 2.24) is 0 Å². The maximum Gasteiger partial charge on any atom is 0.0732 e. The maximum absolute atomic E-state index is 5.54. The largest absolute Gasteiger partial charge is 0.373 e. The molecule has 0 aliphatic carbocycles. The van der Waals surface area contributed by atoms with Crippen LogP contribution in [0.25, 0.3) is 0 Å². The third kappa shape index (κ3) is 4.56. The van der Waals surface area contributed by atoms with Crippen molar-refractivity contribution in [2.75, 3.05) is 6.61 Å². The van der Waals surface area contributed by atoms with Crippen LogP contribution in [0.5, 0.6) is 0 Å². The molecule has 0 aliphatic rings. The van der Waals surface area contributed by atoms with Gasteiger partial charge >= 0.3 is 0 Å². The zero-order valence-electron chi connectivity index (χ0n) is 13.4. The van der Waals surface area contributed by atoms with Gasteiger partial charge in [-0.1, -0.05) is 59.3 Å². The van der Waals surface area contributed by atoms with Crippen LogP contribution in [0.4, 0.5) is 0 Å². The Bertz CT molecular complexity index is 629. The van der Waals surface area contributed by atoms with Crippen molar-refractivity contribution in [2.24, 2.45) is 0 Å². The average molecular weight is 359 g/mol. The first-order valence-corrected chi connectivity index (χ1v) is 8.47. The van der Waals surface area contributed by atoms with E-state index in [1.54, 1.807) is 6.08 Å². The third-order valence-corrected chi connectivity index (χ3v) is 4.56. The number of benzene rings is 2. The van der Waals surface area contributed by atoms with Crippen LogP contribution in [0.15, 0.2) is 53.5 Å². The second kappa shape index (κ2) is 8.30. The van der Waals surface area contributed by atoms with Crippen molar-refractivity contribution >= 4 is 15.9 Å². The van der Waals surface area contributed by atoms with Crippen molar-refractivity contribution in [2.45, 2.75) is 33.3 Å². The second-order valence-electron chi connectivity index (χ2n) is 5.52. The third-order valence-electron chi connectivity index (χ3n) is 3.82. The summed E-state index contributed by atoms with van der Waals surface area (Å²) < 4.78 is 6.65. The molecular weight excluding hydrogens is 336 g/mol. The van der Waals surface area contributed by atoms with E-state index >= 15 is 0 Å². The lowest BCUT2D eigenvalue weighted by molar-refractivity contribution is 0.148. The van der Waals surface area contributed by atoms with Crippen molar-refractivity contribution in [3.63, 3.8) is 0 Å². The van der Waals surface area contributed by atoms with E-state index in [1.807, 2.05) is 0 Å². The van der Waals surface area contributed by atoms with Crippen molar-refractivity contribution in [1.29, 1.82) is 0 Å². The van der Waals surface area contributed by atoms with Crippen LogP contribution in [0.2, 0.25) is 0 Å². The van der Waals surface area contributed by atoms with Gasteiger partial charge in [-0.2, -0.15) is 0 Å². The molecule has 0 spiro atoms. The molecule has 0 heterocycles. The first-order chi connectivity index (χ1) is 10.6. The molecule has 0 bridgehead atoms. The highest BCUT2D eigenvalue weighted by molar-refractivity contribution is 9.10.